The average molecular weight is 484 g/mol. The van der Waals surface area contributed by atoms with Crippen LogP contribution in [0.5, 0.6) is 0 Å². The molecule has 1 aromatic rings. The molecule has 2 fully saturated rings. The van der Waals surface area contributed by atoms with Crippen molar-refractivity contribution < 1.29 is 21.6 Å². The van der Waals surface area contributed by atoms with Gasteiger partial charge in [-0.3, -0.25) is 4.79 Å². The number of ketones is 1. The maximum atomic E-state index is 12.9. The molecule has 0 unspecified atom stereocenters. The predicted molar refractivity (Wildman–Crippen MR) is 127 cm³/mol. The maximum Gasteiger partial charge on any atom is 0.240 e. The zero-order valence-electron chi connectivity index (χ0n) is 19.3. The second-order valence-electron chi connectivity index (χ2n) is 9.84. The first kappa shape index (κ1) is 25.4. The molecule has 2 aliphatic rings. The lowest BCUT2D eigenvalue weighted by Gasteiger charge is -2.28. The van der Waals surface area contributed by atoms with Crippen LogP contribution in [-0.2, 0) is 31.1 Å². The Labute approximate surface area is 193 Å². The van der Waals surface area contributed by atoms with E-state index in [0.717, 1.165) is 44.9 Å². The molecule has 3 rings (SSSR count). The van der Waals surface area contributed by atoms with Crippen LogP contribution in [0.2, 0.25) is 0 Å². The maximum absolute atomic E-state index is 12.9. The number of hydrogen-bond donors (Lipinski definition) is 1. The van der Waals surface area contributed by atoms with Crippen molar-refractivity contribution in [1.82, 2.24) is 4.72 Å². The summed E-state index contributed by atoms with van der Waals surface area (Å²) in [5, 5.41) is -0.363. The van der Waals surface area contributed by atoms with Crippen molar-refractivity contribution in [2.75, 3.05) is 5.75 Å². The fourth-order valence-electron chi connectivity index (χ4n) is 4.85. The highest BCUT2D eigenvalue weighted by Crippen LogP contribution is 2.32. The number of carbonyl (C=O) groups is 1. The number of sulfone groups is 1. The number of Topliss-reactive ketones (excluding diaryl/α,β-unsaturated/α-hetero) is 1. The fourth-order valence-corrected chi connectivity index (χ4v) is 7.60. The molecular weight excluding hydrogens is 446 g/mol. The minimum atomic E-state index is -3.59. The molecule has 6 nitrogen and oxygen atoms in total. The van der Waals surface area contributed by atoms with Crippen molar-refractivity contribution in [3.05, 3.63) is 29.8 Å². The van der Waals surface area contributed by atoms with Crippen LogP contribution in [0, 0.1) is 11.8 Å². The lowest BCUT2D eigenvalue weighted by molar-refractivity contribution is -0.123. The van der Waals surface area contributed by atoms with Gasteiger partial charge in [-0.05, 0) is 76.0 Å². The Morgan fingerprint density at radius 3 is 2.25 bits per heavy atom. The molecule has 8 heteroatoms. The van der Waals surface area contributed by atoms with Gasteiger partial charge in [0.15, 0.2) is 9.84 Å². The smallest absolute Gasteiger partial charge is 0.240 e. The Hall–Kier alpha value is -1.25. The van der Waals surface area contributed by atoms with Crippen molar-refractivity contribution >= 4 is 25.6 Å². The van der Waals surface area contributed by atoms with E-state index in [1.165, 1.54) is 0 Å². The summed E-state index contributed by atoms with van der Waals surface area (Å²) >= 11 is 0. The first-order valence-electron chi connectivity index (χ1n) is 11.9. The molecule has 32 heavy (non-hydrogen) atoms. The minimum absolute atomic E-state index is 0.00580. The van der Waals surface area contributed by atoms with Crippen molar-refractivity contribution in [2.24, 2.45) is 11.8 Å². The van der Waals surface area contributed by atoms with Gasteiger partial charge in [0.2, 0.25) is 10.0 Å². The molecule has 0 spiro atoms. The summed E-state index contributed by atoms with van der Waals surface area (Å²) in [6, 6.07) is 6.70. The van der Waals surface area contributed by atoms with Crippen LogP contribution in [0.4, 0.5) is 0 Å². The lowest BCUT2D eigenvalue weighted by Crippen LogP contribution is -2.36. The quantitative estimate of drug-likeness (QED) is 0.572. The van der Waals surface area contributed by atoms with Gasteiger partial charge in [-0.15, -0.1) is 0 Å². The van der Waals surface area contributed by atoms with Crippen LogP contribution >= 0.6 is 0 Å². The third-order valence-corrected chi connectivity index (χ3v) is 10.9. The van der Waals surface area contributed by atoms with E-state index in [1.807, 2.05) is 0 Å². The molecule has 0 amide bonds. The zero-order valence-corrected chi connectivity index (χ0v) is 20.9. The molecule has 2 aliphatic carbocycles. The summed E-state index contributed by atoms with van der Waals surface area (Å²) in [6.07, 6.45) is 8.14. The number of sulfonamides is 1. The van der Waals surface area contributed by atoms with E-state index in [9.17, 15) is 21.6 Å². The van der Waals surface area contributed by atoms with Gasteiger partial charge in [0, 0.05) is 18.4 Å². The normalized spacial score (nSPS) is 23.3. The fraction of sp³-hybridized carbons (Fsp3) is 0.708. The monoisotopic (exact) mass is 483 g/mol. The van der Waals surface area contributed by atoms with Gasteiger partial charge in [0.1, 0.15) is 5.78 Å². The average Bonchev–Trinajstić information content (AvgIpc) is 2.74. The van der Waals surface area contributed by atoms with Gasteiger partial charge in [-0.2, -0.15) is 0 Å². The van der Waals surface area contributed by atoms with Crippen molar-refractivity contribution in [3.63, 3.8) is 0 Å². The predicted octanol–water partition coefficient (Wildman–Crippen LogP) is 4.04. The summed E-state index contributed by atoms with van der Waals surface area (Å²) in [7, 11) is -6.65. The second kappa shape index (κ2) is 10.8. The number of carbonyl (C=O) groups excluding carboxylic acids is 1. The highest BCUT2D eigenvalue weighted by Gasteiger charge is 2.30. The van der Waals surface area contributed by atoms with Gasteiger partial charge < -0.3 is 0 Å². The summed E-state index contributed by atoms with van der Waals surface area (Å²) < 4.78 is 52.8. The Kier molecular flexibility index (Phi) is 8.55. The molecule has 0 saturated heterocycles. The second-order valence-corrected chi connectivity index (χ2v) is 14.2. The first-order chi connectivity index (χ1) is 15.1. The van der Waals surface area contributed by atoms with Gasteiger partial charge in [-0.1, -0.05) is 31.4 Å². The molecule has 0 radical (unpaired) electrons. The Balaban J connectivity index is 1.56. The van der Waals surface area contributed by atoms with Crippen LogP contribution in [-0.4, -0.2) is 39.7 Å². The van der Waals surface area contributed by atoms with Gasteiger partial charge in [-0.25, -0.2) is 21.6 Å². The SMILES string of the molecule is CC(C)S(=O)(=O)CC1CCC(C(=O)Cc2cccc(S(=O)(=O)NC3CCCCC3)c2)CC1. The molecule has 1 N–H and O–H groups in total. The van der Waals surface area contributed by atoms with E-state index in [4.69, 9.17) is 0 Å². The molecule has 0 heterocycles. The minimum Gasteiger partial charge on any atom is -0.299 e. The molecule has 0 aliphatic heterocycles. The van der Waals surface area contributed by atoms with Crippen molar-refractivity contribution in [1.29, 1.82) is 0 Å². The Morgan fingerprint density at radius 2 is 1.62 bits per heavy atom. The number of benzene rings is 1. The van der Waals surface area contributed by atoms with Crippen LogP contribution in [0.3, 0.4) is 0 Å². The van der Waals surface area contributed by atoms with Gasteiger partial charge >= 0.3 is 0 Å². The molecule has 2 saturated carbocycles. The highest BCUT2D eigenvalue weighted by atomic mass is 32.2. The third kappa shape index (κ3) is 6.87. The topological polar surface area (TPSA) is 97.4 Å². The standard InChI is InChI=1S/C24H37NO5S2/c1-18(2)31(27,28)17-19-11-13-21(14-12-19)24(26)16-20-7-6-10-23(15-20)32(29,30)25-22-8-4-3-5-9-22/h6-7,10,15,18-19,21-22,25H,3-5,8-9,11-14,16-17H2,1-2H3. The van der Waals surface area contributed by atoms with Crippen LogP contribution < -0.4 is 4.72 Å². The van der Waals surface area contributed by atoms with Crippen molar-refractivity contribution in [2.45, 2.75) is 94.2 Å². The summed E-state index contributed by atoms with van der Waals surface area (Å²) in [5.41, 5.74) is 0.714. The summed E-state index contributed by atoms with van der Waals surface area (Å²) in [5.74, 6) is 0.379. The largest absolute Gasteiger partial charge is 0.299 e. The van der Waals surface area contributed by atoms with E-state index in [2.05, 4.69) is 4.72 Å². The van der Waals surface area contributed by atoms with Crippen LogP contribution in [0.1, 0.15) is 77.2 Å². The third-order valence-electron chi connectivity index (χ3n) is 7.00. The lowest BCUT2D eigenvalue weighted by atomic mass is 9.79. The van der Waals surface area contributed by atoms with E-state index < -0.39 is 19.9 Å². The molecule has 0 aromatic heterocycles. The van der Waals surface area contributed by atoms with E-state index in [1.54, 1.807) is 38.1 Å². The Bertz CT molecular complexity index is 987. The number of hydrogen-bond acceptors (Lipinski definition) is 5. The number of nitrogens with one attached hydrogen (secondary N) is 1. The molecule has 0 atom stereocenters. The molecular formula is C24H37NO5S2. The van der Waals surface area contributed by atoms with Crippen LogP contribution in [0.15, 0.2) is 29.2 Å². The summed E-state index contributed by atoms with van der Waals surface area (Å²) in [6.45, 7) is 3.42. The number of rotatable bonds is 9. The van der Waals surface area contributed by atoms with E-state index in [-0.39, 0.29) is 46.0 Å². The Morgan fingerprint density at radius 1 is 0.969 bits per heavy atom. The van der Waals surface area contributed by atoms with Gasteiger partial charge in [0.05, 0.1) is 15.9 Å². The molecule has 180 valence electrons. The van der Waals surface area contributed by atoms with E-state index >= 15 is 0 Å². The first-order valence-corrected chi connectivity index (χ1v) is 15.1. The molecule has 1 aromatic carbocycles. The van der Waals surface area contributed by atoms with Gasteiger partial charge in [0.25, 0.3) is 0 Å². The van der Waals surface area contributed by atoms with Crippen LogP contribution in [0.25, 0.3) is 0 Å². The van der Waals surface area contributed by atoms with E-state index in [0.29, 0.717) is 18.4 Å². The zero-order chi connectivity index (χ0) is 23.4. The summed E-state index contributed by atoms with van der Waals surface area (Å²) in [4.78, 5) is 13.1. The molecule has 0 bridgehead atoms. The van der Waals surface area contributed by atoms with Crippen molar-refractivity contribution in [3.8, 4) is 0 Å². The highest BCUT2D eigenvalue weighted by molar-refractivity contribution is 7.92.